The van der Waals surface area contributed by atoms with Crippen LogP contribution < -0.4 is 15.5 Å². The largest absolute Gasteiger partial charge is 0.368 e. The molecule has 6 heteroatoms. The van der Waals surface area contributed by atoms with Gasteiger partial charge in [-0.1, -0.05) is 12.1 Å². The SMILES string of the molecule is CNC(=O)NC(=O)N1CCN(c2cccc(C)c2)CC1. The number of carbonyl (C=O) groups excluding carboxylic acids is 2. The van der Waals surface area contributed by atoms with E-state index in [4.69, 9.17) is 0 Å². The van der Waals surface area contributed by atoms with Gasteiger partial charge < -0.3 is 15.1 Å². The molecule has 1 aliphatic heterocycles. The molecule has 0 spiro atoms. The first-order valence-corrected chi connectivity index (χ1v) is 6.69. The molecule has 0 unspecified atom stereocenters. The summed E-state index contributed by atoms with van der Waals surface area (Å²) in [7, 11) is 1.48. The van der Waals surface area contributed by atoms with Crippen molar-refractivity contribution >= 4 is 17.7 Å². The number of carbonyl (C=O) groups is 2. The van der Waals surface area contributed by atoms with E-state index in [2.05, 4.69) is 40.7 Å². The molecule has 1 saturated heterocycles. The van der Waals surface area contributed by atoms with Crippen molar-refractivity contribution in [1.29, 1.82) is 0 Å². The highest BCUT2D eigenvalue weighted by atomic mass is 16.2. The Labute approximate surface area is 118 Å². The smallest absolute Gasteiger partial charge is 0.325 e. The van der Waals surface area contributed by atoms with Crippen molar-refractivity contribution < 1.29 is 9.59 Å². The molecule has 0 aromatic heterocycles. The molecule has 1 aliphatic rings. The molecule has 0 aliphatic carbocycles. The highest BCUT2D eigenvalue weighted by Gasteiger charge is 2.22. The number of imide groups is 1. The number of anilines is 1. The number of nitrogens with zero attached hydrogens (tertiary/aromatic N) is 2. The maximum atomic E-state index is 11.8. The van der Waals surface area contributed by atoms with Crippen LogP contribution in [0.15, 0.2) is 24.3 Å². The second-order valence-corrected chi connectivity index (χ2v) is 4.82. The minimum absolute atomic E-state index is 0.340. The average molecular weight is 276 g/mol. The number of hydrogen-bond donors (Lipinski definition) is 2. The quantitative estimate of drug-likeness (QED) is 0.809. The Morgan fingerprint density at radius 3 is 2.45 bits per heavy atom. The van der Waals surface area contributed by atoms with Gasteiger partial charge in [0, 0.05) is 38.9 Å². The van der Waals surface area contributed by atoms with Gasteiger partial charge in [0.1, 0.15) is 0 Å². The van der Waals surface area contributed by atoms with Crippen LogP contribution in [-0.2, 0) is 0 Å². The summed E-state index contributed by atoms with van der Waals surface area (Å²) in [4.78, 5) is 26.8. The Hall–Kier alpha value is -2.24. The molecule has 2 N–H and O–H groups in total. The Kier molecular flexibility index (Phi) is 4.45. The number of nitrogens with one attached hydrogen (secondary N) is 2. The summed E-state index contributed by atoms with van der Waals surface area (Å²) in [6.45, 7) is 4.82. The summed E-state index contributed by atoms with van der Waals surface area (Å²) in [5.41, 5.74) is 2.40. The molecule has 6 nitrogen and oxygen atoms in total. The van der Waals surface area contributed by atoms with Crippen LogP contribution in [0.3, 0.4) is 0 Å². The van der Waals surface area contributed by atoms with Gasteiger partial charge in [-0.25, -0.2) is 9.59 Å². The van der Waals surface area contributed by atoms with Crippen LogP contribution in [0.25, 0.3) is 0 Å². The molecule has 2 rings (SSSR count). The minimum Gasteiger partial charge on any atom is -0.368 e. The van der Waals surface area contributed by atoms with Crippen LogP contribution in [0.2, 0.25) is 0 Å². The first-order chi connectivity index (χ1) is 9.60. The number of amides is 4. The standard InChI is InChI=1S/C14H20N4O2/c1-11-4-3-5-12(10-11)17-6-8-18(9-7-17)14(20)16-13(19)15-2/h3-5,10H,6-9H2,1-2H3,(H2,15,16,19,20). The van der Waals surface area contributed by atoms with Gasteiger partial charge in [-0.2, -0.15) is 0 Å². The van der Waals surface area contributed by atoms with E-state index in [1.807, 2.05) is 6.07 Å². The van der Waals surface area contributed by atoms with Gasteiger partial charge in [-0.05, 0) is 24.6 Å². The van der Waals surface area contributed by atoms with Crippen molar-refractivity contribution in [2.45, 2.75) is 6.92 Å². The van der Waals surface area contributed by atoms with Crippen molar-refractivity contribution in [1.82, 2.24) is 15.5 Å². The summed E-state index contributed by atoms with van der Waals surface area (Å²) in [6, 6.07) is 7.50. The van der Waals surface area contributed by atoms with Crippen LogP contribution in [-0.4, -0.2) is 50.2 Å². The number of hydrogen-bond acceptors (Lipinski definition) is 3. The topological polar surface area (TPSA) is 64.7 Å². The summed E-state index contributed by atoms with van der Waals surface area (Å²) < 4.78 is 0. The van der Waals surface area contributed by atoms with Gasteiger partial charge in [0.2, 0.25) is 0 Å². The Morgan fingerprint density at radius 2 is 1.85 bits per heavy atom. The molecule has 0 bridgehead atoms. The van der Waals surface area contributed by atoms with E-state index < -0.39 is 6.03 Å². The number of piperazine rings is 1. The number of aryl methyl sites for hydroxylation is 1. The lowest BCUT2D eigenvalue weighted by atomic mass is 10.2. The van der Waals surface area contributed by atoms with E-state index in [9.17, 15) is 9.59 Å². The van der Waals surface area contributed by atoms with E-state index in [0.717, 1.165) is 13.1 Å². The van der Waals surface area contributed by atoms with E-state index in [0.29, 0.717) is 13.1 Å². The molecule has 4 amide bonds. The molecule has 1 aromatic carbocycles. The van der Waals surface area contributed by atoms with Crippen molar-refractivity contribution in [3.63, 3.8) is 0 Å². The maximum absolute atomic E-state index is 11.8. The number of rotatable bonds is 1. The zero-order valence-electron chi connectivity index (χ0n) is 11.8. The first-order valence-electron chi connectivity index (χ1n) is 6.69. The average Bonchev–Trinajstić information content (AvgIpc) is 2.47. The molecule has 108 valence electrons. The second-order valence-electron chi connectivity index (χ2n) is 4.82. The van der Waals surface area contributed by atoms with Gasteiger partial charge in [0.05, 0.1) is 0 Å². The third-order valence-corrected chi connectivity index (χ3v) is 3.38. The zero-order valence-corrected chi connectivity index (χ0v) is 11.8. The Morgan fingerprint density at radius 1 is 1.15 bits per heavy atom. The predicted octanol–water partition coefficient (Wildman–Crippen LogP) is 1.17. The lowest BCUT2D eigenvalue weighted by molar-refractivity contribution is 0.192. The third-order valence-electron chi connectivity index (χ3n) is 3.38. The van der Waals surface area contributed by atoms with Crippen molar-refractivity contribution in [2.75, 3.05) is 38.1 Å². The third kappa shape index (κ3) is 3.40. The van der Waals surface area contributed by atoms with E-state index in [1.165, 1.54) is 18.3 Å². The number of urea groups is 2. The van der Waals surface area contributed by atoms with Gasteiger partial charge >= 0.3 is 12.1 Å². The van der Waals surface area contributed by atoms with Crippen molar-refractivity contribution in [3.8, 4) is 0 Å². The monoisotopic (exact) mass is 276 g/mol. The van der Waals surface area contributed by atoms with Crippen LogP contribution in [0.4, 0.5) is 15.3 Å². The molecule has 1 heterocycles. The number of benzene rings is 1. The van der Waals surface area contributed by atoms with Gasteiger partial charge in [-0.3, -0.25) is 5.32 Å². The molecular formula is C14H20N4O2. The summed E-state index contributed by atoms with van der Waals surface area (Å²) in [5, 5.41) is 4.65. The normalized spacial score (nSPS) is 14.9. The fourth-order valence-electron chi connectivity index (χ4n) is 2.23. The van der Waals surface area contributed by atoms with Crippen molar-refractivity contribution in [3.05, 3.63) is 29.8 Å². The minimum atomic E-state index is -0.476. The summed E-state index contributed by atoms with van der Waals surface area (Å²) >= 11 is 0. The highest BCUT2D eigenvalue weighted by Crippen LogP contribution is 2.17. The van der Waals surface area contributed by atoms with E-state index >= 15 is 0 Å². The van der Waals surface area contributed by atoms with Gasteiger partial charge in [-0.15, -0.1) is 0 Å². The predicted molar refractivity (Wildman–Crippen MR) is 78.0 cm³/mol. The summed E-state index contributed by atoms with van der Waals surface area (Å²) in [5.74, 6) is 0. The lowest BCUT2D eigenvalue weighted by Gasteiger charge is -2.36. The van der Waals surface area contributed by atoms with Gasteiger partial charge in [0.15, 0.2) is 0 Å². The fraction of sp³-hybridized carbons (Fsp3) is 0.429. The highest BCUT2D eigenvalue weighted by molar-refractivity contribution is 5.93. The van der Waals surface area contributed by atoms with Crippen LogP contribution in [0, 0.1) is 6.92 Å². The summed E-state index contributed by atoms with van der Waals surface area (Å²) in [6.07, 6.45) is 0. The molecule has 0 saturated carbocycles. The lowest BCUT2D eigenvalue weighted by Crippen LogP contribution is -2.53. The van der Waals surface area contributed by atoms with Crippen LogP contribution >= 0.6 is 0 Å². The first kappa shape index (κ1) is 14.2. The Bertz CT molecular complexity index is 496. The van der Waals surface area contributed by atoms with Crippen LogP contribution in [0.5, 0.6) is 0 Å². The van der Waals surface area contributed by atoms with Crippen molar-refractivity contribution in [2.24, 2.45) is 0 Å². The zero-order chi connectivity index (χ0) is 14.5. The van der Waals surface area contributed by atoms with Gasteiger partial charge in [0.25, 0.3) is 0 Å². The molecule has 0 radical (unpaired) electrons. The van der Waals surface area contributed by atoms with E-state index in [1.54, 1.807) is 4.90 Å². The van der Waals surface area contributed by atoms with Crippen LogP contribution in [0.1, 0.15) is 5.56 Å². The Balaban J connectivity index is 1.89. The second kappa shape index (κ2) is 6.27. The molecule has 0 atom stereocenters. The maximum Gasteiger partial charge on any atom is 0.325 e. The molecule has 1 fully saturated rings. The molecule has 1 aromatic rings. The molecule has 20 heavy (non-hydrogen) atoms. The fourth-order valence-corrected chi connectivity index (χ4v) is 2.23. The molecular weight excluding hydrogens is 256 g/mol. The van der Waals surface area contributed by atoms with E-state index in [-0.39, 0.29) is 6.03 Å².